The van der Waals surface area contributed by atoms with Crippen molar-refractivity contribution in [3.8, 4) is 0 Å². The van der Waals surface area contributed by atoms with Gasteiger partial charge in [-0.2, -0.15) is 0 Å². The SMILES string of the molecule is CCNC(=NCCS(=O)(=O)CC)N(C)CC(=O)N(CC)CC. The number of aliphatic imine (C=N–C) groups is 1. The topological polar surface area (TPSA) is 82.1 Å². The maximum atomic E-state index is 12.1. The summed E-state index contributed by atoms with van der Waals surface area (Å²) in [7, 11) is -1.25. The first-order chi connectivity index (χ1) is 10.3. The Bertz CT molecular complexity index is 459. The third-order valence-electron chi connectivity index (χ3n) is 3.29. The van der Waals surface area contributed by atoms with Crippen molar-refractivity contribution in [3.63, 3.8) is 0 Å². The van der Waals surface area contributed by atoms with Crippen molar-refractivity contribution in [2.24, 2.45) is 4.99 Å². The molecule has 0 bridgehead atoms. The molecular formula is C14H30N4O3S. The molecule has 8 heteroatoms. The molecular weight excluding hydrogens is 304 g/mol. The summed E-state index contributed by atoms with van der Waals surface area (Å²) in [6.07, 6.45) is 0. The van der Waals surface area contributed by atoms with Crippen molar-refractivity contribution in [2.45, 2.75) is 27.7 Å². The molecule has 0 aliphatic heterocycles. The molecule has 0 spiro atoms. The molecule has 0 aromatic carbocycles. The van der Waals surface area contributed by atoms with Crippen LogP contribution in [0.1, 0.15) is 27.7 Å². The summed E-state index contributed by atoms with van der Waals surface area (Å²) in [5, 5.41) is 3.08. The van der Waals surface area contributed by atoms with Crippen molar-refractivity contribution in [3.05, 3.63) is 0 Å². The molecule has 0 aromatic rings. The number of rotatable bonds is 9. The molecule has 0 rings (SSSR count). The second-order valence-electron chi connectivity index (χ2n) is 4.89. The molecule has 7 nitrogen and oxygen atoms in total. The number of nitrogens with one attached hydrogen (secondary N) is 1. The van der Waals surface area contributed by atoms with Crippen molar-refractivity contribution in [2.75, 3.05) is 51.3 Å². The fourth-order valence-electron chi connectivity index (χ4n) is 1.86. The first-order valence-corrected chi connectivity index (χ1v) is 9.60. The van der Waals surface area contributed by atoms with Gasteiger partial charge in [-0.15, -0.1) is 0 Å². The fourth-order valence-corrected chi connectivity index (χ4v) is 2.52. The van der Waals surface area contributed by atoms with Gasteiger partial charge in [0.25, 0.3) is 0 Å². The maximum Gasteiger partial charge on any atom is 0.242 e. The summed E-state index contributed by atoms with van der Waals surface area (Å²) in [6.45, 7) is 9.85. The second kappa shape index (κ2) is 10.4. The predicted octanol–water partition coefficient (Wildman–Crippen LogP) is 0.187. The lowest BCUT2D eigenvalue weighted by Crippen LogP contribution is -2.45. The molecule has 1 N–H and O–H groups in total. The van der Waals surface area contributed by atoms with Crippen LogP contribution in [0, 0.1) is 0 Å². The molecule has 1 amide bonds. The van der Waals surface area contributed by atoms with E-state index in [-0.39, 0.29) is 30.5 Å². The van der Waals surface area contributed by atoms with Gasteiger partial charge in [-0.25, -0.2) is 8.42 Å². The monoisotopic (exact) mass is 334 g/mol. The van der Waals surface area contributed by atoms with Crippen LogP contribution in [0.2, 0.25) is 0 Å². The zero-order valence-electron chi connectivity index (χ0n) is 14.4. The number of amides is 1. The highest BCUT2D eigenvalue weighted by Crippen LogP contribution is 1.95. The van der Waals surface area contributed by atoms with Crippen LogP contribution in [0.3, 0.4) is 0 Å². The third kappa shape index (κ3) is 7.63. The normalized spacial score (nSPS) is 12.1. The van der Waals surface area contributed by atoms with Crippen LogP contribution in [0.25, 0.3) is 0 Å². The van der Waals surface area contributed by atoms with Gasteiger partial charge in [-0.05, 0) is 20.8 Å². The van der Waals surface area contributed by atoms with Crippen molar-refractivity contribution in [1.82, 2.24) is 15.1 Å². The van der Waals surface area contributed by atoms with E-state index in [1.54, 1.807) is 23.8 Å². The Balaban J connectivity index is 4.75. The lowest BCUT2D eigenvalue weighted by Gasteiger charge is -2.25. The summed E-state index contributed by atoms with van der Waals surface area (Å²) in [4.78, 5) is 19.9. The van der Waals surface area contributed by atoms with Crippen molar-refractivity contribution >= 4 is 21.7 Å². The standard InChI is InChI=1S/C14H30N4O3S/c1-6-15-14(16-10-11-22(20,21)9-4)17(5)12-13(19)18(7-2)8-3/h6-12H2,1-5H3,(H,15,16). The molecule has 22 heavy (non-hydrogen) atoms. The Labute approximate surface area is 134 Å². The van der Waals surface area contributed by atoms with Crippen LogP contribution >= 0.6 is 0 Å². The summed E-state index contributed by atoms with van der Waals surface area (Å²) >= 11 is 0. The number of carbonyl (C=O) groups is 1. The van der Waals surface area contributed by atoms with Gasteiger partial charge in [0.15, 0.2) is 15.8 Å². The molecule has 0 heterocycles. The van der Waals surface area contributed by atoms with E-state index in [0.29, 0.717) is 25.6 Å². The first kappa shape index (κ1) is 20.7. The van der Waals surface area contributed by atoms with Crippen LogP contribution < -0.4 is 5.32 Å². The van der Waals surface area contributed by atoms with Gasteiger partial charge in [-0.3, -0.25) is 9.79 Å². The van der Waals surface area contributed by atoms with Gasteiger partial charge < -0.3 is 15.1 Å². The first-order valence-electron chi connectivity index (χ1n) is 7.78. The van der Waals surface area contributed by atoms with E-state index in [9.17, 15) is 13.2 Å². The maximum absolute atomic E-state index is 12.1. The number of nitrogens with zero attached hydrogens (tertiary/aromatic N) is 3. The minimum atomic E-state index is -3.03. The number of hydrogen-bond acceptors (Lipinski definition) is 4. The Morgan fingerprint density at radius 2 is 1.73 bits per heavy atom. The van der Waals surface area contributed by atoms with E-state index in [2.05, 4.69) is 10.3 Å². The zero-order chi connectivity index (χ0) is 17.2. The van der Waals surface area contributed by atoms with Crippen molar-refractivity contribution < 1.29 is 13.2 Å². The lowest BCUT2D eigenvalue weighted by molar-refractivity contribution is -0.131. The highest BCUT2D eigenvalue weighted by atomic mass is 32.2. The van der Waals surface area contributed by atoms with Crippen molar-refractivity contribution in [1.29, 1.82) is 0 Å². The fraction of sp³-hybridized carbons (Fsp3) is 0.857. The van der Waals surface area contributed by atoms with Gasteiger partial charge in [0, 0.05) is 32.4 Å². The number of carbonyl (C=O) groups excluding carboxylic acids is 1. The minimum Gasteiger partial charge on any atom is -0.357 e. The number of guanidine groups is 1. The summed E-state index contributed by atoms with van der Waals surface area (Å²) in [5.41, 5.74) is 0. The smallest absolute Gasteiger partial charge is 0.242 e. The number of likely N-dealkylation sites (N-methyl/N-ethyl adjacent to an activating group) is 2. The Morgan fingerprint density at radius 1 is 1.14 bits per heavy atom. The summed E-state index contributed by atoms with van der Waals surface area (Å²) in [6, 6.07) is 0. The average Bonchev–Trinajstić information content (AvgIpc) is 2.47. The Kier molecular flexibility index (Phi) is 9.80. The van der Waals surface area contributed by atoms with Crippen LogP contribution in [-0.4, -0.2) is 81.4 Å². The molecule has 0 aromatic heterocycles. The van der Waals surface area contributed by atoms with Gasteiger partial charge in [0.05, 0.1) is 18.8 Å². The average molecular weight is 334 g/mol. The summed E-state index contributed by atoms with van der Waals surface area (Å²) in [5.74, 6) is 0.722. The molecule has 0 atom stereocenters. The lowest BCUT2D eigenvalue weighted by atomic mass is 10.4. The molecule has 0 radical (unpaired) electrons. The molecule has 0 fully saturated rings. The van der Waals surface area contributed by atoms with E-state index in [1.807, 2.05) is 20.8 Å². The van der Waals surface area contributed by atoms with Crippen LogP contribution in [0.15, 0.2) is 4.99 Å². The minimum absolute atomic E-state index is 0.0240. The Morgan fingerprint density at radius 3 is 2.18 bits per heavy atom. The van der Waals surface area contributed by atoms with Crippen LogP contribution in [-0.2, 0) is 14.6 Å². The highest BCUT2D eigenvalue weighted by Gasteiger charge is 2.15. The number of sulfone groups is 1. The van der Waals surface area contributed by atoms with E-state index in [1.165, 1.54) is 0 Å². The highest BCUT2D eigenvalue weighted by molar-refractivity contribution is 7.91. The van der Waals surface area contributed by atoms with E-state index >= 15 is 0 Å². The van der Waals surface area contributed by atoms with Crippen LogP contribution in [0.4, 0.5) is 0 Å². The molecule has 0 saturated carbocycles. The molecule has 0 aliphatic carbocycles. The molecule has 130 valence electrons. The van der Waals surface area contributed by atoms with Crippen LogP contribution in [0.5, 0.6) is 0 Å². The van der Waals surface area contributed by atoms with Gasteiger partial charge >= 0.3 is 0 Å². The molecule has 0 aliphatic rings. The molecule has 0 saturated heterocycles. The van der Waals surface area contributed by atoms with Gasteiger partial charge in [0.2, 0.25) is 5.91 Å². The zero-order valence-corrected chi connectivity index (χ0v) is 15.2. The third-order valence-corrected chi connectivity index (χ3v) is 4.97. The predicted molar refractivity (Wildman–Crippen MR) is 90.9 cm³/mol. The Hall–Kier alpha value is -1.31. The van der Waals surface area contributed by atoms with E-state index < -0.39 is 9.84 Å². The number of hydrogen-bond donors (Lipinski definition) is 1. The van der Waals surface area contributed by atoms with Gasteiger partial charge in [-0.1, -0.05) is 6.92 Å². The largest absolute Gasteiger partial charge is 0.357 e. The molecule has 0 unspecified atom stereocenters. The van der Waals surface area contributed by atoms with E-state index in [4.69, 9.17) is 0 Å². The summed E-state index contributed by atoms with van der Waals surface area (Å²) < 4.78 is 23.0. The quantitative estimate of drug-likeness (QED) is 0.481. The van der Waals surface area contributed by atoms with E-state index in [0.717, 1.165) is 0 Å². The second-order valence-corrected chi connectivity index (χ2v) is 7.37. The van der Waals surface area contributed by atoms with Gasteiger partial charge in [0.1, 0.15) is 0 Å².